The third-order valence-corrected chi connectivity index (χ3v) is 5.85. The summed E-state index contributed by atoms with van der Waals surface area (Å²) in [5.74, 6) is 0.557. The van der Waals surface area contributed by atoms with E-state index >= 15 is 0 Å². The van der Waals surface area contributed by atoms with Gasteiger partial charge in [0.25, 0.3) is 0 Å². The molecule has 1 heterocycles. The minimum atomic E-state index is -1.31. The first-order valence-corrected chi connectivity index (χ1v) is 7.16. The van der Waals surface area contributed by atoms with E-state index in [1.165, 1.54) is 0 Å². The first kappa shape index (κ1) is 9.09. The molecule has 1 aliphatic rings. The van der Waals surface area contributed by atoms with Gasteiger partial charge >= 0.3 is 0 Å². The maximum absolute atomic E-state index is 11.6. The molecular formula is C9H10O2S2. The summed E-state index contributed by atoms with van der Waals surface area (Å²) in [6.07, 6.45) is 1.77. The molecule has 0 saturated carbocycles. The third-order valence-electron chi connectivity index (χ3n) is 2.08. The Morgan fingerprint density at radius 1 is 1.15 bits per heavy atom. The first-order valence-electron chi connectivity index (χ1n) is 4.17. The van der Waals surface area contributed by atoms with Crippen molar-refractivity contribution in [1.29, 1.82) is 0 Å². The van der Waals surface area contributed by atoms with Crippen LogP contribution in [-0.4, -0.2) is 14.2 Å². The second-order valence-corrected chi connectivity index (χ2v) is 6.90. The van der Waals surface area contributed by atoms with Crippen LogP contribution in [0, 0.1) is 0 Å². The van der Waals surface area contributed by atoms with Crippen LogP contribution in [-0.2, 0) is 26.1 Å². The topological polar surface area (TPSA) is 34.1 Å². The van der Waals surface area contributed by atoms with Gasteiger partial charge in [-0.25, -0.2) is 8.42 Å². The summed E-state index contributed by atoms with van der Waals surface area (Å²) < 4.78 is 23.0. The smallest absolute Gasteiger partial charge is 0.143 e. The van der Waals surface area contributed by atoms with Crippen LogP contribution in [0.25, 0.3) is 0 Å². The van der Waals surface area contributed by atoms with Gasteiger partial charge in [-0.2, -0.15) is 0 Å². The van der Waals surface area contributed by atoms with Crippen molar-refractivity contribution < 1.29 is 8.42 Å². The summed E-state index contributed by atoms with van der Waals surface area (Å²) in [4.78, 5) is 0.762. The zero-order valence-corrected chi connectivity index (χ0v) is 8.70. The zero-order chi connectivity index (χ0) is 9.26. The van der Waals surface area contributed by atoms with E-state index < -0.39 is 19.7 Å². The Bertz CT molecular complexity index is 374. The average molecular weight is 214 g/mol. The molecule has 4 heteroatoms. The highest BCUT2D eigenvalue weighted by Gasteiger charge is 2.19. The van der Waals surface area contributed by atoms with Gasteiger partial charge in [0, 0.05) is 5.75 Å². The first-order chi connectivity index (χ1) is 6.29. The minimum Gasteiger partial charge on any atom is -0.245 e. The summed E-state index contributed by atoms with van der Waals surface area (Å²) in [5.41, 5.74) is 1.09. The van der Waals surface area contributed by atoms with Gasteiger partial charge in [0.1, 0.15) is 19.7 Å². The predicted molar refractivity (Wildman–Crippen MR) is 54.2 cm³/mol. The Balaban J connectivity index is 2.52. The maximum atomic E-state index is 11.6. The van der Waals surface area contributed by atoms with Crippen LogP contribution >= 0.6 is 0 Å². The molecule has 2 nitrogen and oxygen atoms in total. The number of rotatable bonds is 0. The van der Waals surface area contributed by atoms with Crippen molar-refractivity contribution in [2.24, 2.45) is 0 Å². The van der Waals surface area contributed by atoms with Crippen LogP contribution in [0.4, 0.5) is 0 Å². The maximum Gasteiger partial charge on any atom is 0.143 e. The molecule has 0 aliphatic carbocycles. The Hall–Kier alpha value is -0.480. The molecular weight excluding hydrogens is 204 g/mol. The molecule has 2 unspecified atom stereocenters. The molecule has 1 aliphatic heterocycles. The average Bonchev–Trinajstić information content (AvgIpc) is 2.29. The van der Waals surface area contributed by atoms with E-state index in [1.54, 1.807) is 0 Å². The van der Waals surface area contributed by atoms with Gasteiger partial charge in [0.05, 0.1) is 4.90 Å². The van der Waals surface area contributed by atoms with E-state index in [4.69, 9.17) is 0 Å². The standard InChI is InChI=1S/C9H10O2S2/c10-12-7-3-5-8-4-1-2-6-9(8)13(12)11/h1-2,4,6H,3,5,7H2. The van der Waals surface area contributed by atoms with Gasteiger partial charge in [-0.05, 0) is 24.5 Å². The van der Waals surface area contributed by atoms with Gasteiger partial charge in [-0.15, -0.1) is 0 Å². The van der Waals surface area contributed by atoms with Gasteiger partial charge < -0.3 is 0 Å². The second kappa shape index (κ2) is 3.72. The Kier molecular flexibility index (Phi) is 2.60. The summed E-state index contributed by atoms with van der Waals surface area (Å²) >= 11 is 0. The van der Waals surface area contributed by atoms with Crippen LogP contribution in [0.2, 0.25) is 0 Å². The monoisotopic (exact) mass is 214 g/mol. The van der Waals surface area contributed by atoms with E-state index in [1.807, 2.05) is 24.3 Å². The van der Waals surface area contributed by atoms with Crippen molar-refractivity contribution in [2.45, 2.75) is 17.7 Å². The number of hydrogen-bond acceptors (Lipinski definition) is 2. The van der Waals surface area contributed by atoms with E-state index in [-0.39, 0.29) is 0 Å². The number of hydrogen-bond donors (Lipinski definition) is 0. The van der Waals surface area contributed by atoms with E-state index in [0.717, 1.165) is 23.3 Å². The summed E-state index contributed by atoms with van der Waals surface area (Å²) in [6, 6.07) is 7.56. The van der Waals surface area contributed by atoms with Gasteiger partial charge in [0.2, 0.25) is 0 Å². The molecule has 0 bridgehead atoms. The molecule has 0 spiro atoms. The molecule has 2 atom stereocenters. The summed E-state index contributed by atoms with van der Waals surface area (Å²) in [7, 11) is -2.50. The van der Waals surface area contributed by atoms with Crippen molar-refractivity contribution in [3.05, 3.63) is 29.8 Å². The van der Waals surface area contributed by atoms with Crippen LogP contribution in [0.3, 0.4) is 0 Å². The molecule has 1 aromatic rings. The highest BCUT2D eigenvalue weighted by Crippen LogP contribution is 2.21. The van der Waals surface area contributed by atoms with Gasteiger partial charge in [-0.3, -0.25) is 0 Å². The normalized spacial score (nSPS) is 27.7. The van der Waals surface area contributed by atoms with Gasteiger partial charge in [-0.1, -0.05) is 18.2 Å². The molecule has 70 valence electrons. The van der Waals surface area contributed by atoms with Crippen molar-refractivity contribution >= 4 is 19.7 Å². The molecule has 2 rings (SSSR count). The highest BCUT2D eigenvalue weighted by atomic mass is 33.1. The molecule has 0 aromatic heterocycles. The van der Waals surface area contributed by atoms with E-state index in [9.17, 15) is 8.42 Å². The molecule has 0 N–H and O–H groups in total. The van der Waals surface area contributed by atoms with Gasteiger partial charge in [0.15, 0.2) is 0 Å². The lowest BCUT2D eigenvalue weighted by atomic mass is 10.1. The van der Waals surface area contributed by atoms with Crippen molar-refractivity contribution in [2.75, 3.05) is 5.75 Å². The van der Waals surface area contributed by atoms with Crippen molar-refractivity contribution in [3.63, 3.8) is 0 Å². The fourth-order valence-corrected chi connectivity index (χ4v) is 4.63. The number of aryl methyl sites for hydroxylation is 1. The summed E-state index contributed by atoms with van der Waals surface area (Å²) in [6.45, 7) is 0. The quantitative estimate of drug-likeness (QED) is 0.612. The predicted octanol–water partition coefficient (Wildman–Crippen LogP) is 1.40. The third kappa shape index (κ3) is 1.74. The molecule has 0 radical (unpaired) electrons. The Labute approximate surface area is 81.7 Å². The Morgan fingerprint density at radius 3 is 2.77 bits per heavy atom. The van der Waals surface area contributed by atoms with Crippen LogP contribution < -0.4 is 0 Å². The van der Waals surface area contributed by atoms with Crippen molar-refractivity contribution in [1.82, 2.24) is 0 Å². The number of benzene rings is 1. The lowest BCUT2D eigenvalue weighted by molar-refractivity contribution is 0.677. The van der Waals surface area contributed by atoms with Crippen LogP contribution in [0.1, 0.15) is 12.0 Å². The fourth-order valence-electron chi connectivity index (χ4n) is 1.43. The van der Waals surface area contributed by atoms with Crippen molar-refractivity contribution in [3.8, 4) is 0 Å². The molecule has 1 aromatic carbocycles. The lowest BCUT2D eigenvalue weighted by Gasteiger charge is -2.01. The Morgan fingerprint density at radius 2 is 1.92 bits per heavy atom. The zero-order valence-electron chi connectivity index (χ0n) is 7.06. The summed E-state index contributed by atoms with van der Waals surface area (Å²) in [5, 5.41) is 0. The van der Waals surface area contributed by atoms with Crippen LogP contribution in [0.15, 0.2) is 29.2 Å². The van der Waals surface area contributed by atoms with Crippen LogP contribution in [0.5, 0.6) is 0 Å². The number of fused-ring (bicyclic) bond motifs is 1. The minimum absolute atomic E-state index is 0.557. The largest absolute Gasteiger partial charge is 0.245 e. The molecule has 13 heavy (non-hydrogen) atoms. The van der Waals surface area contributed by atoms with E-state index in [0.29, 0.717) is 5.75 Å². The second-order valence-electron chi connectivity index (χ2n) is 2.95. The molecule has 0 saturated heterocycles. The van der Waals surface area contributed by atoms with E-state index in [2.05, 4.69) is 0 Å². The fraction of sp³-hybridized carbons (Fsp3) is 0.333. The lowest BCUT2D eigenvalue weighted by Crippen LogP contribution is -2.02. The molecule has 0 fully saturated rings. The highest BCUT2D eigenvalue weighted by molar-refractivity contribution is 8.61. The SMILES string of the molecule is O=S1CCCc2ccccc2S1=O. The molecule has 0 amide bonds.